The Balaban J connectivity index is 2.68. The van der Waals surface area contributed by atoms with Crippen molar-refractivity contribution in [3.8, 4) is 5.75 Å². The van der Waals surface area contributed by atoms with Crippen molar-refractivity contribution in [1.82, 2.24) is 5.32 Å². The minimum Gasteiger partial charge on any atom is -0.506 e. The smallest absolute Gasteiger partial charge is 0.251 e. The molecule has 0 aliphatic carbocycles. The number of nitrogens with one attached hydrogen (secondary N) is 1. The number of hydrogen-bond donors (Lipinski definition) is 3. The van der Waals surface area contributed by atoms with Gasteiger partial charge in [-0.1, -0.05) is 31.9 Å². The predicted molar refractivity (Wildman–Crippen MR) is 75.5 cm³/mol. The molecule has 0 aromatic heterocycles. The summed E-state index contributed by atoms with van der Waals surface area (Å²) in [7, 11) is 0. The summed E-state index contributed by atoms with van der Waals surface area (Å²) >= 11 is 5.74. The lowest BCUT2D eigenvalue weighted by molar-refractivity contribution is 0.00592. The minimum absolute atomic E-state index is 0.0650. The Morgan fingerprint density at radius 2 is 2.16 bits per heavy atom. The van der Waals surface area contributed by atoms with Crippen LogP contribution in [-0.4, -0.2) is 28.3 Å². The largest absolute Gasteiger partial charge is 0.506 e. The van der Waals surface area contributed by atoms with Crippen LogP contribution in [0.2, 0.25) is 5.02 Å². The van der Waals surface area contributed by atoms with Crippen molar-refractivity contribution in [1.29, 1.82) is 0 Å². The van der Waals surface area contributed by atoms with E-state index in [1.165, 1.54) is 18.2 Å². The summed E-state index contributed by atoms with van der Waals surface area (Å²) < 4.78 is 0. The average Bonchev–Trinajstić information content (AvgIpc) is 2.38. The van der Waals surface area contributed by atoms with Gasteiger partial charge < -0.3 is 15.5 Å². The number of phenols is 1. The lowest BCUT2D eigenvalue weighted by Gasteiger charge is -2.29. The maximum Gasteiger partial charge on any atom is 0.251 e. The molecule has 0 saturated carbocycles. The molecule has 1 aromatic rings. The number of carbonyl (C=O) groups is 1. The molecule has 0 spiro atoms. The van der Waals surface area contributed by atoms with Crippen molar-refractivity contribution in [2.24, 2.45) is 5.92 Å². The van der Waals surface area contributed by atoms with E-state index in [0.717, 1.165) is 6.42 Å². The summed E-state index contributed by atoms with van der Waals surface area (Å²) in [6.45, 7) is 5.79. The standard InChI is InChI=1S/C14H20ClNO3/c1-4-9(2)14(3,19)8-16-13(18)10-5-6-12(17)11(15)7-10/h5-7,9,17,19H,4,8H2,1-3H3,(H,16,18)/t9-,14-/m1/s1. The Kier molecular flexibility index (Phi) is 5.20. The second-order valence-corrected chi connectivity index (χ2v) is 5.42. The van der Waals surface area contributed by atoms with Crippen molar-refractivity contribution in [2.45, 2.75) is 32.8 Å². The molecule has 0 bridgehead atoms. The van der Waals surface area contributed by atoms with E-state index >= 15 is 0 Å². The highest BCUT2D eigenvalue weighted by Crippen LogP contribution is 2.24. The maximum absolute atomic E-state index is 11.9. The third-order valence-electron chi connectivity index (χ3n) is 3.49. The minimum atomic E-state index is -0.953. The normalized spacial score (nSPS) is 15.6. The first-order valence-electron chi connectivity index (χ1n) is 6.27. The van der Waals surface area contributed by atoms with Crippen LogP contribution in [0.25, 0.3) is 0 Å². The molecule has 0 fully saturated rings. The summed E-state index contributed by atoms with van der Waals surface area (Å²) in [5.41, 5.74) is -0.603. The first-order valence-corrected chi connectivity index (χ1v) is 6.64. The van der Waals surface area contributed by atoms with Gasteiger partial charge in [-0.05, 0) is 31.0 Å². The topological polar surface area (TPSA) is 69.6 Å². The molecule has 0 aliphatic heterocycles. The molecular weight excluding hydrogens is 266 g/mol. The molecule has 1 aromatic carbocycles. The number of aromatic hydroxyl groups is 1. The van der Waals surface area contributed by atoms with E-state index in [4.69, 9.17) is 11.6 Å². The van der Waals surface area contributed by atoms with Gasteiger partial charge in [0.2, 0.25) is 0 Å². The molecule has 0 unspecified atom stereocenters. The number of carbonyl (C=O) groups excluding carboxylic acids is 1. The van der Waals surface area contributed by atoms with E-state index in [2.05, 4.69) is 5.32 Å². The summed E-state index contributed by atoms with van der Waals surface area (Å²) in [6, 6.07) is 4.24. The van der Waals surface area contributed by atoms with Crippen LogP contribution in [0.5, 0.6) is 5.75 Å². The highest BCUT2D eigenvalue weighted by Gasteiger charge is 2.27. The van der Waals surface area contributed by atoms with Gasteiger partial charge in [-0.25, -0.2) is 0 Å². The van der Waals surface area contributed by atoms with Crippen LogP contribution >= 0.6 is 11.6 Å². The van der Waals surface area contributed by atoms with Gasteiger partial charge in [-0.2, -0.15) is 0 Å². The molecular formula is C14H20ClNO3. The first kappa shape index (κ1) is 15.8. The second-order valence-electron chi connectivity index (χ2n) is 5.02. The van der Waals surface area contributed by atoms with Gasteiger partial charge in [0.05, 0.1) is 10.6 Å². The molecule has 0 radical (unpaired) electrons. The lowest BCUT2D eigenvalue weighted by Crippen LogP contribution is -2.45. The molecule has 19 heavy (non-hydrogen) atoms. The number of aliphatic hydroxyl groups is 1. The molecule has 1 rings (SSSR count). The fourth-order valence-corrected chi connectivity index (χ4v) is 1.80. The third-order valence-corrected chi connectivity index (χ3v) is 3.79. The molecule has 0 aliphatic rings. The lowest BCUT2D eigenvalue weighted by atomic mass is 9.88. The molecule has 0 heterocycles. The van der Waals surface area contributed by atoms with Gasteiger partial charge in [0, 0.05) is 12.1 Å². The summed E-state index contributed by atoms with van der Waals surface area (Å²) in [6.07, 6.45) is 0.827. The number of benzene rings is 1. The van der Waals surface area contributed by atoms with Crippen LogP contribution < -0.4 is 5.32 Å². The summed E-state index contributed by atoms with van der Waals surface area (Å²) in [5, 5.41) is 22.3. The predicted octanol–water partition coefficient (Wildman–Crippen LogP) is 2.57. The molecule has 1 amide bonds. The van der Waals surface area contributed by atoms with E-state index in [9.17, 15) is 15.0 Å². The Bertz CT molecular complexity index is 460. The first-order chi connectivity index (χ1) is 8.77. The highest BCUT2D eigenvalue weighted by atomic mass is 35.5. The van der Waals surface area contributed by atoms with Crippen LogP contribution in [-0.2, 0) is 0 Å². The Labute approximate surface area is 118 Å². The highest BCUT2D eigenvalue weighted by molar-refractivity contribution is 6.32. The molecule has 2 atom stereocenters. The van der Waals surface area contributed by atoms with Crippen LogP contribution in [0.3, 0.4) is 0 Å². The number of halogens is 1. The number of hydrogen-bond acceptors (Lipinski definition) is 3. The second kappa shape index (κ2) is 6.26. The average molecular weight is 286 g/mol. The SMILES string of the molecule is CC[C@@H](C)[C@](C)(O)CNC(=O)c1ccc(O)c(Cl)c1. The van der Waals surface area contributed by atoms with Crippen LogP contribution in [0.4, 0.5) is 0 Å². The monoisotopic (exact) mass is 285 g/mol. The van der Waals surface area contributed by atoms with Crippen molar-refractivity contribution in [3.05, 3.63) is 28.8 Å². The van der Waals surface area contributed by atoms with Crippen molar-refractivity contribution in [3.63, 3.8) is 0 Å². The molecule has 0 saturated heterocycles. The quantitative estimate of drug-likeness (QED) is 0.779. The van der Waals surface area contributed by atoms with Crippen LogP contribution in [0, 0.1) is 5.92 Å². The van der Waals surface area contributed by atoms with E-state index in [-0.39, 0.29) is 29.1 Å². The Morgan fingerprint density at radius 1 is 1.53 bits per heavy atom. The van der Waals surface area contributed by atoms with Crippen molar-refractivity contribution < 1.29 is 15.0 Å². The fourth-order valence-electron chi connectivity index (χ4n) is 1.62. The van der Waals surface area contributed by atoms with E-state index in [0.29, 0.717) is 5.56 Å². The molecule has 5 heteroatoms. The molecule has 4 nitrogen and oxygen atoms in total. The molecule has 106 valence electrons. The summed E-state index contributed by atoms with van der Waals surface area (Å²) in [4.78, 5) is 11.9. The number of phenolic OH excluding ortho intramolecular Hbond substituents is 1. The zero-order valence-electron chi connectivity index (χ0n) is 11.4. The van der Waals surface area contributed by atoms with Crippen LogP contribution in [0.1, 0.15) is 37.6 Å². The number of rotatable bonds is 5. The van der Waals surface area contributed by atoms with Crippen LogP contribution in [0.15, 0.2) is 18.2 Å². The van der Waals surface area contributed by atoms with Gasteiger partial charge in [0.25, 0.3) is 5.91 Å². The zero-order valence-corrected chi connectivity index (χ0v) is 12.2. The van der Waals surface area contributed by atoms with E-state index in [1.807, 2.05) is 13.8 Å². The van der Waals surface area contributed by atoms with Crippen molar-refractivity contribution >= 4 is 17.5 Å². The van der Waals surface area contributed by atoms with Gasteiger partial charge >= 0.3 is 0 Å². The third kappa shape index (κ3) is 4.11. The number of amides is 1. The fraction of sp³-hybridized carbons (Fsp3) is 0.500. The Hall–Kier alpha value is -1.26. The van der Waals surface area contributed by atoms with E-state index in [1.54, 1.807) is 6.92 Å². The molecule has 3 N–H and O–H groups in total. The summed E-state index contributed by atoms with van der Waals surface area (Å²) in [5.74, 6) is -0.313. The van der Waals surface area contributed by atoms with Gasteiger partial charge in [0.15, 0.2) is 0 Å². The maximum atomic E-state index is 11.9. The van der Waals surface area contributed by atoms with Gasteiger partial charge in [-0.15, -0.1) is 0 Å². The Morgan fingerprint density at radius 3 is 2.68 bits per heavy atom. The zero-order chi connectivity index (χ0) is 14.6. The van der Waals surface area contributed by atoms with Gasteiger partial charge in [0.1, 0.15) is 5.75 Å². The van der Waals surface area contributed by atoms with Gasteiger partial charge in [-0.3, -0.25) is 4.79 Å². The van der Waals surface area contributed by atoms with Crippen molar-refractivity contribution in [2.75, 3.05) is 6.54 Å². The van der Waals surface area contributed by atoms with E-state index < -0.39 is 5.60 Å².